The van der Waals surface area contributed by atoms with Crippen LogP contribution >= 0.6 is 0 Å². The van der Waals surface area contributed by atoms with E-state index < -0.39 is 0 Å². The number of methoxy groups -OCH3 is 2. The molecular weight excluding hydrogens is 392 g/mol. The van der Waals surface area contributed by atoms with Gasteiger partial charge in [0, 0.05) is 0 Å². The van der Waals surface area contributed by atoms with Gasteiger partial charge in [0.15, 0.2) is 18.1 Å². The number of hydrazone groups is 1. The summed E-state index contributed by atoms with van der Waals surface area (Å²) in [6, 6.07) is 13.3. The second kappa shape index (κ2) is 10.3. The molecule has 2 aromatic rings. The van der Waals surface area contributed by atoms with E-state index >= 15 is 0 Å². The number of nitrogens with zero attached hydrogens (tertiary/aromatic N) is 1. The molecular formula is C25H34N2O4. The summed E-state index contributed by atoms with van der Waals surface area (Å²) in [5, 5.41) is 3.96. The van der Waals surface area contributed by atoms with Crippen LogP contribution in [0.3, 0.4) is 0 Å². The third kappa shape index (κ3) is 7.63. The summed E-state index contributed by atoms with van der Waals surface area (Å²) in [7, 11) is 3.14. The molecule has 168 valence electrons. The van der Waals surface area contributed by atoms with Crippen molar-refractivity contribution in [1.82, 2.24) is 5.43 Å². The first kappa shape index (κ1) is 24.3. The van der Waals surface area contributed by atoms with Crippen LogP contribution in [0.4, 0.5) is 0 Å². The van der Waals surface area contributed by atoms with E-state index in [-0.39, 0.29) is 23.3 Å². The minimum atomic E-state index is -0.339. The van der Waals surface area contributed by atoms with E-state index in [1.165, 1.54) is 11.8 Å². The van der Waals surface area contributed by atoms with Crippen LogP contribution in [0.1, 0.15) is 52.2 Å². The van der Waals surface area contributed by atoms with Gasteiger partial charge in [-0.1, -0.05) is 46.8 Å². The maximum Gasteiger partial charge on any atom is 0.277 e. The fourth-order valence-corrected chi connectivity index (χ4v) is 3.72. The first-order chi connectivity index (χ1) is 14.5. The molecule has 0 heterocycles. The van der Waals surface area contributed by atoms with Crippen LogP contribution < -0.4 is 19.6 Å². The average Bonchev–Trinajstić information content (AvgIpc) is 2.70. The first-order valence-electron chi connectivity index (χ1n) is 10.3. The lowest BCUT2D eigenvalue weighted by atomic mass is 9.72. The van der Waals surface area contributed by atoms with Gasteiger partial charge in [-0.15, -0.1) is 0 Å². The molecule has 0 bridgehead atoms. The Hall–Kier alpha value is -3.02. The number of hydrogen-bond donors (Lipinski definition) is 1. The lowest BCUT2D eigenvalue weighted by Crippen LogP contribution is -2.25. The van der Waals surface area contributed by atoms with Crippen LogP contribution in [0.15, 0.2) is 47.6 Å². The van der Waals surface area contributed by atoms with Crippen LogP contribution in [0.25, 0.3) is 0 Å². The number of ether oxygens (including phenoxy) is 3. The highest BCUT2D eigenvalue weighted by Crippen LogP contribution is 2.36. The van der Waals surface area contributed by atoms with Crippen molar-refractivity contribution in [3.05, 3.63) is 53.6 Å². The van der Waals surface area contributed by atoms with Crippen LogP contribution in [-0.2, 0) is 10.2 Å². The second-order valence-corrected chi connectivity index (χ2v) is 9.34. The van der Waals surface area contributed by atoms with Crippen molar-refractivity contribution in [2.45, 2.75) is 46.5 Å². The number of carbonyl (C=O) groups excluding carboxylic acids is 1. The maximum absolute atomic E-state index is 12.0. The Labute approximate surface area is 185 Å². The molecule has 6 heteroatoms. The Bertz CT molecular complexity index is 897. The molecule has 2 aromatic carbocycles. The number of hydrogen-bond acceptors (Lipinski definition) is 5. The van der Waals surface area contributed by atoms with E-state index in [1.807, 2.05) is 18.2 Å². The summed E-state index contributed by atoms with van der Waals surface area (Å²) in [4.78, 5) is 12.0. The zero-order chi connectivity index (χ0) is 23.1. The number of amides is 1. The van der Waals surface area contributed by atoms with Gasteiger partial charge < -0.3 is 14.2 Å². The largest absolute Gasteiger partial charge is 0.493 e. The van der Waals surface area contributed by atoms with Gasteiger partial charge in [0.2, 0.25) is 0 Å². The molecule has 0 saturated heterocycles. The third-order valence-corrected chi connectivity index (χ3v) is 4.79. The standard InChI is InChI=1S/C25H34N2O4/c1-24(2,3)17-25(4,5)19-9-11-20(12-10-19)31-16-23(28)27-26-15-18-8-13-21(29-6)22(14-18)30-7/h8-15H,16-17H2,1-7H3,(H,27,28). The lowest BCUT2D eigenvalue weighted by Gasteiger charge is -2.33. The van der Waals surface area contributed by atoms with Crippen molar-refractivity contribution in [3.63, 3.8) is 0 Å². The molecule has 0 atom stereocenters. The van der Waals surface area contributed by atoms with Gasteiger partial charge >= 0.3 is 0 Å². The molecule has 0 aliphatic carbocycles. The summed E-state index contributed by atoms with van der Waals surface area (Å²) in [6.07, 6.45) is 2.60. The zero-order valence-corrected chi connectivity index (χ0v) is 19.6. The predicted molar refractivity (Wildman–Crippen MR) is 124 cm³/mol. The van der Waals surface area contributed by atoms with Gasteiger partial charge in [0.25, 0.3) is 5.91 Å². The van der Waals surface area contributed by atoms with E-state index in [0.29, 0.717) is 17.2 Å². The zero-order valence-electron chi connectivity index (χ0n) is 19.6. The number of rotatable bonds is 9. The summed E-state index contributed by atoms with van der Waals surface area (Å²) < 4.78 is 16.0. The summed E-state index contributed by atoms with van der Waals surface area (Å²) in [6.45, 7) is 11.1. The molecule has 0 radical (unpaired) electrons. The van der Waals surface area contributed by atoms with Crippen LogP contribution in [0.2, 0.25) is 0 Å². The number of benzene rings is 2. The molecule has 1 amide bonds. The smallest absolute Gasteiger partial charge is 0.277 e. The van der Waals surface area contributed by atoms with Gasteiger partial charge in [-0.05, 0) is 58.7 Å². The van der Waals surface area contributed by atoms with Gasteiger partial charge in [-0.3, -0.25) is 4.79 Å². The van der Waals surface area contributed by atoms with Gasteiger partial charge in [-0.2, -0.15) is 5.10 Å². The van der Waals surface area contributed by atoms with Crippen LogP contribution in [0, 0.1) is 5.41 Å². The van der Waals surface area contributed by atoms with Crippen molar-refractivity contribution in [2.75, 3.05) is 20.8 Å². The molecule has 0 unspecified atom stereocenters. The predicted octanol–water partition coefficient (Wildman–Crippen LogP) is 4.95. The molecule has 2 rings (SSSR count). The second-order valence-electron chi connectivity index (χ2n) is 9.34. The quantitative estimate of drug-likeness (QED) is 0.455. The van der Waals surface area contributed by atoms with Crippen molar-refractivity contribution in [2.24, 2.45) is 10.5 Å². The van der Waals surface area contributed by atoms with Gasteiger partial charge in [0.1, 0.15) is 5.75 Å². The SMILES string of the molecule is COc1ccc(C=NNC(=O)COc2ccc(C(C)(C)CC(C)(C)C)cc2)cc1OC. The molecule has 0 aromatic heterocycles. The van der Waals surface area contributed by atoms with Crippen molar-refractivity contribution >= 4 is 12.1 Å². The molecule has 0 saturated carbocycles. The Morgan fingerprint density at radius 3 is 2.19 bits per heavy atom. The Morgan fingerprint density at radius 2 is 1.61 bits per heavy atom. The van der Waals surface area contributed by atoms with Crippen LogP contribution in [0.5, 0.6) is 17.2 Å². The number of nitrogens with one attached hydrogen (secondary N) is 1. The lowest BCUT2D eigenvalue weighted by molar-refractivity contribution is -0.123. The van der Waals surface area contributed by atoms with Gasteiger partial charge in [0.05, 0.1) is 20.4 Å². The third-order valence-electron chi connectivity index (χ3n) is 4.79. The topological polar surface area (TPSA) is 69.2 Å². The monoisotopic (exact) mass is 426 g/mol. The van der Waals surface area contributed by atoms with E-state index in [0.717, 1.165) is 12.0 Å². The minimum Gasteiger partial charge on any atom is -0.493 e. The fraction of sp³-hybridized carbons (Fsp3) is 0.440. The Balaban J connectivity index is 1.87. The highest BCUT2D eigenvalue weighted by Gasteiger charge is 2.27. The number of carbonyl (C=O) groups is 1. The highest BCUT2D eigenvalue weighted by atomic mass is 16.5. The molecule has 0 aliphatic heterocycles. The molecule has 0 aliphatic rings. The van der Waals surface area contributed by atoms with Crippen molar-refractivity contribution in [1.29, 1.82) is 0 Å². The maximum atomic E-state index is 12.0. The van der Waals surface area contributed by atoms with Crippen LogP contribution in [-0.4, -0.2) is 32.9 Å². The van der Waals surface area contributed by atoms with E-state index in [2.05, 4.69) is 57.3 Å². The molecule has 0 fully saturated rings. The first-order valence-corrected chi connectivity index (χ1v) is 10.3. The summed E-state index contributed by atoms with van der Waals surface area (Å²) >= 11 is 0. The van der Waals surface area contributed by atoms with Crippen molar-refractivity contribution in [3.8, 4) is 17.2 Å². The normalized spacial score (nSPS) is 12.0. The Morgan fingerprint density at radius 1 is 0.968 bits per heavy atom. The average molecular weight is 427 g/mol. The van der Waals surface area contributed by atoms with Crippen molar-refractivity contribution < 1.29 is 19.0 Å². The summed E-state index contributed by atoms with van der Waals surface area (Å²) in [5.41, 5.74) is 4.79. The Kier molecular flexibility index (Phi) is 8.08. The fourth-order valence-electron chi connectivity index (χ4n) is 3.72. The van der Waals surface area contributed by atoms with E-state index in [4.69, 9.17) is 14.2 Å². The highest BCUT2D eigenvalue weighted by molar-refractivity contribution is 5.83. The minimum absolute atomic E-state index is 0.0625. The molecule has 31 heavy (non-hydrogen) atoms. The van der Waals surface area contributed by atoms with E-state index in [1.54, 1.807) is 26.4 Å². The van der Waals surface area contributed by atoms with Gasteiger partial charge in [-0.25, -0.2) is 5.43 Å². The molecule has 1 N–H and O–H groups in total. The molecule has 6 nitrogen and oxygen atoms in total. The summed E-state index contributed by atoms with van der Waals surface area (Å²) in [5.74, 6) is 1.53. The molecule has 0 spiro atoms. The van der Waals surface area contributed by atoms with E-state index in [9.17, 15) is 4.79 Å².